The molecule has 38 heavy (non-hydrogen) atoms. The van der Waals surface area contributed by atoms with Gasteiger partial charge in [-0.05, 0) is 36.4 Å². The highest BCUT2D eigenvalue weighted by Gasteiger charge is 2.36. The first-order valence-corrected chi connectivity index (χ1v) is 13.2. The van der Waals surface area contributed by atoms with E-state index in [4.69, 9.17) is 21.3 Å². The number of hydrogen-bond acceptors (Lipinski definition) is 9. The number of aromatic nitrogens is 2. The summed E-state index contributed by atoms with van der Waals surface area (Å²) in [6.07, 6.45) is 1.67. The summed E-state index contributed by atoms with van der Waals surface area (Å²) in [5.74, 6) is 1.02. The van der Waals surface area contributed by atoms with Crippen molar-refractivity contribution in [3.8, 4) is 23.1 Å². The number of rotatable bonds is 7. The van der Waals surface area contributed by atoms with E-state index < -0.39 is 5.41 Å². The van der Waals surface area contributed by atoms with Crippen molar-refractivity contribution in [3.63, 3.8) is 0 Å². The van der Waals surface area contributed by atoms with E-state index in [1.807, 2.05) is 31.2 Å². The van der Waals surface area contributed by atoms with E-state index in [1.165, 1.54) is 0 Å². The summed E-state index contributed by atoms with van der Waals surface area (Å²) in [6.45, 7) is 9.57. The van der Waals surface area contributed by atoms with Crippen molar-refractivity contribution >= 4 is 34.6 Å². The number of piperazine rings is 1. The van der Waals surface area contributed by atoms with Gasteiger partial charge in [0.25, 0.3) is 0 Å². The maximum atomic E-state index is 10.0. The fourth-order valence-electron chi connectivity index (χ4n) is 5.12. The molecule has 3 N–H and O–H groups in total. The molecule has 198 valence electrons. The highest BCUT2D eigenvalue weighted by Crippen LogP contribution is 2.41. The maximum Gasteiger partial charge on any atom is 0.227 e. The average Bonchev–Trinajstić information content (AvgIpc) is 3.30. The van der Waals surface area contributed by atoms with Gasteiger partial charge < -0.3 is 30.3 Å². The second kappa shape index (κ2) is 10.7. The van der Waals surface area contributed by atoms with Crippen LogP contribution in [-0.4, -0.2) is 73.0 Å². The van der Waals surface area contributed by atoms with E-state index in [-0.39, 0.29) is 6.61 Å². The Bertz CT molecular complexity index is 1380. The third-order valence-corrected chi connectivity index (χ3v) is 7.84. The van der Waals surface area contributed by atoms with E-state index in [2.05, 4.69) is 38.4 Å². The number of aliphatic hydroxyl groups excluding tert-OH is 1. The highest BCUT2D eigenvalue weighted by molar-refractivity contribution is 6.33. The molecule has 1 atom stereocenters. The number of hydrogen-bond donors (Lipinski definition) is 3. The molecule has 0 amide bonds. The average molecular weight is 534 g/mol. The van der Waals surface area contributed by atoms with Crippen LogP contribution in [0.3, 0.4) is 0 Å². The summed E-state index contributed by atoms with van der Waals surface area (Å²) in [5.41, 5.74) is 4.77. The smallest absolute Gasteiger partial charge is 0.227 e. The molecule has 1 aromatic heterocycles. The van der Waals surface area contributed by atoms with E-state index in [0.717, 1.165) is 55.2 Å². The third-order valence-electron chi connectivity index (χ3n) is 7.54. The van der Waals surface area contributed by atoms with Crippen LogP contribution in [0.15, 0.2) is 36.5 Å². The quantitative estimate of drug-likeness (QED) is 0.411. The molecule has 2 aromatic carbocycles. The van der Waals surface area contributed by atoms with E-state index in [1.54, 1.807) is 19.4 Å². The Morgan fingerprint density at radius 1 is 1.24 bits per heavy atom. The normalized spacial score (nSPS) is 19.0. The summed E-state index contributed by atoms with van der Waals surface area (Å²) >= 11 is 6.73. The number of ether oxygens (including phenoxy) is 1. The van der Waals surface area contributed by atoms with Crippen LogP contribution < -0.4 is 20.3 Å². The summed E-state index contributed by atoms with van der Waals surface area (Å²) in [4.78, 5) is 13.8. The van der Waals surface area contributed by atoms with Gasteiger partial charge in [-0.15, -0.1) is 0 Å². The third kappa shape index (κ3) is 4.83. The summed E-state index contributed by atoms with van der Waals surface area (Å²) < 4.78 is 5.70. The van der Waals surface area contributed by atoms with Gasteiger partial charge in [-0.3, -0.25) is 0 Å². The van der Waals surface area contributed by atoms with Crippen LogP contribution >= 0.6 is 11.6 Å². The summed E-state index contributed by atoms with van der Waals surface area (Å²) in [6, 6.07) is 11.7. The lowest BCUT2D eigenvalue weighted by Gasteiger charge is -2.36. The topological polar surface area (TPSA) is 110 Å². The molecule has 1 fully saturated rings. The number of methoxy groups -OCH3 is 1. The predicted molar refractivity (Wildman–Crippen MR) is 151 cm³/mol. The molecule has 0 bridgehead atoms. The molecule has 10 heteroatoms. The van der Waals surface area contributed by atoms with Crippen LogP contribution in [0.4, 0.5) is 23.0 Å². The molecular weight excluding hydrogens is 502 g/mol. The minimum Gasteiger partial charge on any atom is -0.494 e. The molecule has 5 rings (SSSR count). The Morgan fingerprint density at radius 3 is 2.71 bits per heavy atom. The number of anilines is 4. The van der Waals surface area contributed by atoms with Gasteiger partial charge in [0.15, 0.2) is 0 Å². The number of likely N-dealkylation sites (N-methyl/N-ethyl adjacent to an activating group) is 1. The molecule has 0 aliphatic carbocycles. The van der Waals surface area contributed by atoms with E-state index in [9.17, 15) is 10.4 Å². The summed E-state index contributed by atoms with van der Waals surface area (Å²) in [5, 5.41) is 26.9. The van der Waals surface area contributed by atoms with Crippen molar-refractivity contribution in [2.75, 3.05) is 68.5 Å². The summed E-state index contributed by atoms with van der Waals surface area (Å²) in [7, 11) is 1.63. The predicted octanol–water partition coefficient (Wildman–Crippen LogP) is 4.24. The first-order valence-electron chi connectivity index (χ1n) is 12.8. The number of benzene rings is 2. The van der Waals surface area contributed by atoms with Crippen LogP contribution in [-0.2, 0) is 5.41 Å². The molecule has 0 spiro atoms. The van der Waals surface area contributed by atoms with Crippen LogP contribution in [0, 0.1) is 11.3 Å². The van der Waals surface area contributed by atoms with E-state index >= 15 is 0 Å². The Labute approximate surface area is 228 Å². The highest BCUT2D eigenvalue weighted by atomic mass is 35.5. The van der Waals surface area contributed by atoms with Gasteiger partial charge in [-0.1, -0.05) is 25.4 Å². The number of fused-ring (bicyclic) bond motifs is 1. The minimum absolute atomic E-state index is 0.0251. The molecule has 1 unspecified atom stereocenters. The molecule has 2 aliphatic rings. The molecule has 0 saturated carbocycles. The zero-order chi connectivity index (χ0) is 26.9. The van der Waals surface area contributed by atoms with Crippen molar-refractivity contribution in [1.29, 1.82) is 5.26 Å². The van der Waals surface area contributed by atoms with Crippen molar-refractivity contribution in [3.05, 3.63) is 52.7 Å². The van der Waals surface area contributed by atoms with Gasteiger partial charge in [0.1, 0.15) is 11.8 Å². The monoisotopic (exact) mass is 533 g/mol. The van der Waals surface area contributed by atoms with Gasteiger partial charge in [-0.2, -0.15) is 5.26 Å². The number of nitriles is 1. The molecule has 2 aliphatic heterocycles. The number of nitrogens with zero attached hydrogens (tertiary/aromatic N) is 5. The Morgan fingerprint density at radius 2 is 2.03 bits per heavy atom. The number of aliphatic hydroxyl groups is 1. The standard InChI is InChI=1S/C28H32ClN7O2/c1-4-35-7-9-36(10-8-35)24-14-25(38-3)23(13-21(24)29)34-27-31-6-5-22(33-27)18-11-19(15-30)26-20(12-18)28(2,17-37)16-32-26/h5-6,11-14,32,37H,4,7-10,16-17H2,1-3H3,(H,31,33,34). The Hall–Kier alpha value is -3.58. The van der Waals surface area contributed by atoms with Gasteiger partial charge >= 0.3 is 0 Å². The molecule has 3 heterocycles. The fourth-order valence-corrected chi connectivity index (χ4v) is 5.40. The lowest BCUT2D eigenvalue weighted by molar-refractivity contribution is 0.219. The first kappa shape index (κ1) is 26.0. The van der Waals surface area contributed by atoms with Gasteiger partial charge in [0.05, 0.1) is 47.1 Å². The Balaban J connectivity index is 1.44. The lowest BCUT2D eigenvalue weighted by Crippen LogP contribution is -2.46. The molecule has 0 radical (unpaired) electrons. The molecule has 3 aromatic rings. The minimum atomic E-state index is -0.472. The zero-order valence-corrected chi connectivity index (χ0v) is 22.6. The van der Waals surface area contributed by atoms with Crippen molar-refractivity contribution in [2.24, 2.45) is 0 Å². The second-order valence-electron chi connectivity index (χ2n) is 9.95. The van der Waals surface area contributed by atoms with Gasteiger partial charge in [-0.25, -0.2) is 9.97 Å². The molecular formula is C28H32ClN7O2. The largest absolute Gasteiger partial charge is 0.494 e. The van der Waals surface area contributed by atoms with Crippen molar-refractivity contribution in [1.82, 2.24) is 14.9 Å². The zero-order valence-electron chi connectivity index (χ0n) is 21.9. The number of nitrogens with one attached hydrogen (secondary N) is 2. The van der Waals surface area contributed by atoms with Crippen LogP contribution in [0.25, 0.3) is 11.3 Å². The van der Waals surface area contributed by atoms with Gasteiger partial charge in [0, 0.05) is 56.0 Å². The van der Waals surface area contributed by atoms with Crippen LogP contribution in [0.5, 0.6) is 5.75 Å². The number of halogens is 1. The first-order chi connectivity index (χ1) is 18.4. The SMILES string of the molecule is CCN1CCN(c2cc(OC)c(Nc3nccc(-c4cc(C#N)c5c(c4)C(C)(CO)CN5)n3)cc2Cl)CC1. The lowest BCUT2D eigenvalue weighted by atomic mass is 9.83. The maximum absolute atomic E-state index is 10.0. The van der Waals surface area contributed by atoms with Crippen LogP contribution in [0.1, 0.15) is 25.0 Å². The molecule has 1 saturated heterocycles. The van der Waals surface area contributed by atoms with Crippen LogP contribution in [0.2, 0.25) is 5.02 Å². The van der Waals surface area contributed by atoms with Gasteiger partial charge in [0.2, 0.25) is 5.95 Å². The second-order valence-corrected chi connectivity index (χ2v) is 10.4. The van der Waals surface area contributed by atoms with E-state index in [0.29, 0.717) is 40.2 Å². The fraction of sp³-hybridized carbons (Fsp3) is 0.393. The van der Waals surface area contributed by atoms with Crippen molar-refractivity contribution < 1.29 is 9.84 Å². The Kier molecular flexibility index (Phi) is 7.30. The van der Waals surface area contributed by atoms with Crippen molar-refractivity contribution in [2.45, 2.75) is 19.3 Å². The molecule has 9 nitrogen and oxygen atoms in total.